The first-order valence-electron chi connectivity index (χ1n) is 11.0. The summed E-state index contributed by atoms with van der Waals surface area (Å²) in [5.41, 5.74) is 7.40. The summed E-state index contributed by atoms with van der Waals surface area (Å²) in [6.07, 6.45) is 0. The van der Waals surface area contributed by atoms with Gasteiger partial charge in [0.1, 0.15) is 0 Å². The van der Waals surface area contributed by atoms with Crippen LogP contribution in [0.15, 0.2) is 121 Å². The zero-order chi connectivity index (χ0) is 22.2. The molecule has 2 heteroatoms. The molecule has 156 valence electrons. The molecule has 0 aliphatic heterocycles. The van der Waals surface area contributed by atoms with Gasteiger partial charge in [-0.3, -0.25) is 0 Å². The molecule has 0 bridgehead atoms. The van der Waals surface area contributed by atoms with Crippen molar-refractivity contribution in [3.63, 3.8) is 0 Å². The summed E-state index contributed by atoms with van der Waals surface area (Å²) in [5.74, 6) is 0.731. The molecular formula is C30H26N2. The molecule has 0 amide bonds. The fraction of sp³-hybridized carbons (Fsp3) is 0.0667. The van der Waals surface area contributed by atoms with Crippen LogP contribution in [0.2, 0.25) is 0 Å². The lowest BCUT2D eigenvalue weighted by atomic mass is 10.0. The normalized spacial score (nSPS) is 10.2. The minimum Gasteiger partial charge on any atom is -0.228 e. The van der Waals surface area contributed by atoms with E-state index in [0.717, 1.165) is 33.9 Å². The summed E-state index contributed by atoms with van der Waals surface area (Å²) in [6, 6.07) is 41.4. The van der Waals surface area contributed by atoms with Crippen molar-refractivity contribution in [2.75, 3.05) is 0 Å². The van der Waals surface area contributed by atoms with E-state index in [1.165, 1.54) is 11.1 Å². The molecule has 5 aromatic rings. The first kappa shape index (κ1) is 21.2. The van der Waals surface area contributed by atoms with Crippen molar-refractivity contribution in [3.05, 3.63) is 121 Å². The molecule has 0 aliphatic rings. The Kier molecular flexibility index (Phi) is 6.84. The molecule has 32 heavy (non-hydrogen) atoms. The van der Waals surface area contributed by atoms with Crippen molar-refractivity contribution in [3.8, 4) is 45.0 Å². The Balaban J connectivity index is 0.00000119. The van der Waals surface area contributed by atoms with Crippen LogP contribution in [0.4, 0.5) is 0 Å². The van der Waals surface area contributed by atoms with E-state index in [9.17, 15) is 0 Å². The van der Waals surface area contributed by atoms with Gasteiger partial charge in [-0.15, -0.1) is 0 Å². The van der Waals surface area contributed by atoms with Crippen molar-refractivity contribution in [1.29, 1.82) is 0 Å². The summed E-state index contributed by atoms with van der Waals surface area (Å²) in [6.45, 7) is 4.00. The zero-order valence-electron chi connectivity index (χ0n) is 18.4. The predicted octanol–water partition coefficient (Wildman–Crippen LogP) is 8.17. The van der Waals surface area contributed by atoms with Crippen molar-refractivity contribution < 1.29 is 0 Å². The van der Waals surface area contributed by atoms with Crippen LogP contribution in [-0.4, -0.2) is 9.97 Å². The van der Waals surface area contributed by atoms with E-state index >= 15 is 0 Å². The number of benzene rings is 4. The summed E-state index contributed by atoms with van der Waals surface area (Å²) in [7, 11) is 0. The standard InChI is InChI=1S/C28H20N2.C2H6/c1-4-10-21(11-5-1)22-16-18-25(19-17-22)28-29-26(23-12-6-2-7-13-23)20-27(30-28)24-14-8-3-9-15-24;1-2/h1-20H;1-2H3. The minimum absolute atomic E-state index is 0.731. The number of hydrogen-bond donors (Lipinski definition) is 0. The molecule has 0 N–H and O–H groups in total. The molecule has 0 radical (unpaired) electrons. The van der Waals surface area contributed by atoms with Crippen LogP contribution in [0.3, 0.4) is 0 Å². The maximum Gasteiger partial charge on any atom is 0.160 e. The Hall–Kier alpha value is -4.04. The Morgan fingerprint density at radius 3 is 1.16 bits per heavy atom. The van der Waals surface area contributed by atoms with Gasteiger partial charge in [0.05, 0.1) is 11.4 Å². The molecule has 0 unspecified atom stereocenters. The molecular weight excluding hydrogens is 388 g/mol. The van der Waals surface area contributed by atoms with Crippen LogP contribution >= 0.6 is 0 Å². The third-order valence-electron chi connectivity index (χ3n) is 5.12. The van der Waals surface area contributed by atoms with Gasteiger partial charge in [0.25, 0.3) is 0 Å². The van der Waals surface area contributed by atoms with Gasteiger partial charge < -0.3 is 0 Å². The Morgan fingerprint density at radius 1 is 0.375 bits per heavy atom. The number of nitrogens with zero attached hydrogens (tertiary/aromatic N) is 2. The van der Waals surface area contributed by atoms with Crippen molar-refractivity contribution in [1.82, 2.24) is 9.97 Å². The van der Waals surface area contributed by atoms with Gasteiger partial charge in [-0.1, -0.05) is 129 Å². The highest BCUT2D eigenvalue weighted by molar-refractivity contribution is 5.73. The molecule has 0 saturated heterocycles. The second kappa shape index (κ2) is 10.3. The van der Waals surface area contributed by atoms with Crippen LogP contribution in [0.1, 0.15) is 13.8 Å². The van der Waals surface area contributed by atoms with Crippen molar-refractivity contribution in [2.24, 2.45) is 0 Å². The van der Waals surface area contributed by atoms with Crippen LogP contribution < -0.4 is 0 Å². The fourth-order valence-electron chi connectivity index (χ4n) is 3.53. The molecule has 0 spiro atoms. The number of aromatic nitrogens is 2. The predicted molar refractivity (Wildman–Crippen MR) is 135 cm³/mol. The summed E-state index contributed by atoms with van der Waals surface area (Å²) in [5, 5.41) is 0. The topological polar surface area (TPSA) is 25.8 Å². The van der Waals surface area contributed by atoms with Gasteiger partial charge in [-0.2, -0.15) is 0 Å². The lowest BCUT2D eigenvalue weighted by molar-refractivity contribution is 1.18. The smallest absolute Gasteiger partial charge is 0.160 e. The summed E-state index contributed by atoms with van der Waals surface area (Å²) >= 11 is 0. The van der Waals surface area contributed by atoms with E-state index in [4.69, 9.17) is 9.97 Å². The molecule has 4 aromatic carbocycles. The first-order chi connectivity index (χ1) is 15.9. The molecule has 0 fully saturated rings. The van der Waals surface area contributed by atoms with E-state index in [2.05, 4.69) is 78.9 Å². The van der Waals surface area contributed by atoms with Crippen LogP contribution in [0.25, 0.3) is 45.0 Å². The average molecular weight is 415 g/mol. The van der Waals surface area contributed by atoms with Crippen molar-refractivity contribution >= 4 is 0 Å². The van der Waals surface area contributed by atoms with Crippen LogP contribution in [-0.2, 0) is 0 Å². The molecule has 1 aromatic heterocycles. The summed E-state index contributed by atoms with van der Waals surface area (Å²) in [4.78, 5) is 9.78. The van der Waals surface area contributed by atoms with E-state index in [-0.39, 0.29) is 0 Å². The van der Waals surface area contributed by atoms with Gasteiger partial charge in [0.15, 0.2) is 5.82 Å². The highest BCUT2D eigenvalue weighted by Gasteiger charge is 2.10. The quantitative estimate of drug-likeness (QED) is 0.296. The fourth-order valence-corrected chi connectivity index (χ4v) is 3.53. The lowest BCUT2D eigenvalue weighted by Gasteiger charge is -2.10. The number of hydrogen-bond acceptors (Lipinski definition) is 2. The minimum atomic E-state index is 0.731. The molecule has 0 atom stereocenters. The molecule has 0 aliphatic carbocycles. The highest BCUT2D eigenvalue weighted by Crippen LogP contribution is 2.28. The molecule has 1 heterocycles. The van der Waals surface area contributed by atoms with Gasteiger partial charge in [-0.05, 0) is 17.2 Å². The number of rotatable bonds is 4. The van der Waals surface area contributed by atoms with Crippen LogP contribution in [0.5, 0.6) is 0 Å². The van der Waals surface area contributed by atoms with E-state index < -0.39 is 0 Å². The van der Waals surface area contributed by atoms with Gasteiger partial charge in [0, 0.05) is 16.7 Å². The Labute approximate surface area is 190 Å². The van der Waals surface area contributed by atoms with Crippen molar-refractivity contribution in [2.45, 2.75) is 13.8 Å². The largest absolute Gasteiger partial charge is 0.228 e. The zero-order valence-corrected chi connectivity index (χ0v) is 18.4. The van der Waals surface area contributed by atoms with Gasteiger partial charge >= 0.3 is 0 Å². The van der Waals surface area contributed by atoms with Gasteiger partial charge in [0.2, 0.25) is 0 Å². The van der Waals surface area contributed by atoms with E-state index in [1.54, 1.807) is 0 Å². The molecule has 0 saturated carbocycles. The Bertz CT molecular complexity index is 1190. The van der Waals surface area contributed by atoms with E-state index in [1.807, 2.05) is 56.3 Å². The van der Waals surface area contributed by atoms with Gasteiger partial charge in [-0.25, -0.2) is 9.97 Å². The summed E-state index contributed by atoms with van der Waals surface area (Å²) < 4.78 is 0. The third-order valence-corrected chi connectivity index (χ3v) is 5.12. The highest BCUT2D eigenvalue weighted by atomic mass is 14.9. The third kappa shape index (κ3) is 4.81. The molecule has 2 nitrogen and oxygen atoms in total. The molecule has 5 rings (SSSR count). The SMILES string of the molecule is CC.c1ccc(-c2ccc(-c3nc(-c4ccccc4)cc(-c4ccccc4)n3)cc2)cc1. The maximum absolute atomic E-state index is 4.89. The van der Waals surface area contributed by atoms with E-state index in [0.29, 0.717) is 0 Å². The van der Waals surface area contributed by atoms with Crippen LogP contribution in [0, 0.1) is 0 Å². The monoisotopic (exact) mass is 414 g/mol. The second-order valence-corrected chi connectivity index (χ2v) is 7.14. The lowest BCUT2D eigenvalue weighted by Crippen LogP contribution is -1.95. The first-order valence-corrected chi connectivity index (χ1v) is 11.0. The second-order valence-electron chi connectivity index (χ2n) is 7.14. The maximum atomic E-state index is 4.89. The Morgan fingerprint density at radius 2 is 0.719 bits per heavy atom. The average Bonchev–Trinajstić information content (AvgIpc) is 2.91.